The van der Waals surface area contributed by atoms with Crippen LogP contribution >= 0.6 is 0 Å². The highest BCUT2D eigenvalue weighted by Crippen LogP contribution is 2.33. The number of hydrogen-bond acceptors (Lipinski definition) is 3. The van der Waals surface area contributed by atoms with E-state index in [0.29, 0.717) is 5.92 Å². The molecule has 4 heteroatoms. The number of rotatable bonds is 2. The molecule has 0 fully saturated rings. The molecule has 4 nitrogen and oxygen atoms in total. The Labute approximate surface area is 126 Å². The molecule has 1 aromatic carbocycles. The van der Waals surface area contributed by atoms with Gasteiger partial charge in [-0.25, -0.2) is 0 Å². The van der Waals surface area contributed by atoms with Crippen LogP contribution in [0.25, 0.3) is 11.4 Å². The second-order valence-corrected chi connectivity index (χ2v) is 6.99. The lowest BCUT2D eigenvalue weighted by Gasteiger charge is -2.26. The predicted molar refractivity (Wildman–Crippen MR) is 85.0 cm³/mol. The average molecular weight is 284 g/mol. The quantitative estimate of drug-likeness (QED) is 0.922. The van der Waals surface area contributed by atoms with Gasteiger partial charge in [0.1, 0.15) is 5.82 Å². The number of nitrogens with zero attached hydrogens (tertiary/aromatic N) is 3. The third-order valence-electron chi connectivity index (χ3n) is 4.35. The highest BCUT2D eigenvalue weighted by molar-refractivity contribution is 5.62. The topological polar surface area (TPSA) is 56.7 Å². The third-order valence-corrected chi connectivity index (χ3v) is 4.35. The summed E-state index contributed by atoms with van der Waals surface area (Å²) >= 11 is 0. The summed E-state index contributed by atoms with van der Waals surface area (Å²) in [5.41, 5.74) is 8.46. The van der Waals surface area contributed by atoms with Crippen molar-refractivity contribution < 1.29 is 0 Å². The van der Waals surface area contributed by atoms with Gasteiger partial charge in [-0.3, -0.25) is 0 Å². The molecule has 0 saturated carbocycles. The number of aryl methyl sites for hydroxylation is 1. The second-order valence-electron chi connectivity index (χ2n) is 6.99. The van der Waals surface area contributed by atoms with E-state index >= 15 is 0 Å². The van der Waals surface area contributed by atoms with Crippen LogP contribution < -0.4 is 5.73 Å². The highest BCUT2D eigenvalue weighted by atomic mass is 15.3. The zero-order valence-corrected chi connectivity index (χ0v) is 13.1. The lowest BCUT2D eigenvalue weighted by molar-refractivity contribution is 0.375. The maximum absolute atomic E-state index is 5.86. The van der Waals surface area contributed by atoms with Crippen molar-refractivity contribution >= 4 is 0 Å². The summed E-state index contributed by atoms with van der Waals surface area (Å²) in [6.45, 7) is 8.39. The van der Waals surface area contributed by atoms with Gasteiger partial charge in [-0.05, 0) is 29.9 Å². The summed E-state index contributed by atoms with van der Waals surface area (Å²) in [6.07, 6.45) is 2.10. The molecular weight excluding hydrogens is 260 g/mol. The monoisotopic (exact) mass is 284 g/mol. The summed E-state index contributed by atoms with van der Waals surface area (Å²) in [5.74, 6) is 2.63. The zero-order chi connectivity index (χ0) is 15.0. The van der Waals surface area contributed by atoms with Gasteiger partial charge in [0.25, 0.3) is 0 Å². The normalized spacial score (nSPS) is 18.6. The van der Waals surface area contributed by atoms with Crippen LogP contribution in [0, 0.1) is 5.92 Å². The smallest absolute Gasteiger partial charge is 0.164 e. The summed E-state index contributed by atoms with van der Waals surface area (Å²) in [7, 11) is 0. The molecule has 1 aliphatic rings. The number of aromatic nitrogens is 3. The molecule has 1 unspecified atom stereocenters. The fraction of sp³-hybridized carbons (Fsp3) is 0.529. The molecule has 0 radical (unpaired) electrons. The molecule has 1 aliphatic heterocycles. The van der Waals surface area contributed by atoms with Crippen LogP contribution in [0.4, 0.5) is 0 Å². The Morgan fingerprint density at radius 3 is 2.71 bits per heavy atom. The molecule has 0 saturated heterocycles. The molecule has 21 heavy (non-hydrogen) atoms. The number of hydrogen-bond donors (Lipinski definition) is 1. The first kappa shape index (κ1) is 14.3. The van der Waals surface area contributed by atoms with Gasteiger partial charge < -0.3 is 10.3 Å². The molecule has 3 rings (SSSR count). The van der Waals surface area contributed by atoms with E-state index in [-0.39, 0.29) is 5.41 Å². The van der Waals surface area contributed by atoms with Crippen molar-refractivity contribution in [1.82, 2.24) is 14.8 Å². The zero-order valence-electron chi connectivity index (χ0n) is 13.1. The van der Waals surface area contributed by atoms with E-state index in [1.807, 2.05) is 0 Å². The van der Waals surface area contributed by atoms with E-state index in [1.54, 1.807) is 0 Å². The van der Waals surface area contributed by atoms with Crippen LogP contribution in [0.1, 0.15) is 38.6 Å². The standard InChI is InChI=1S/C17H24N4/c1-17(2,3)14-7-5-4-6-13(14)16-20-19-15-9-8-12(10-18)11-21(15)16/h4-7,12H,8-11,18H2,1-3H3. The van der Waals surface area contributed by atoms with Crippen LogP contribution in [0.3, 0.4) is 0 Å². The molecule has 0 bridgehead atoms. The van der Waals surface area contributed by atoms with Crippen LogP contribution in [0.2, 0.25) is 0 Å². The van der Waals surface area contributed by atoms with Crippen molar-refractivity contribution in [2.24, 2.45) is 11.7 Å². The van der Waals surface area contributed by atoms with Crippen molar-refractivity contribution in [2.75, 3.05) is 6.54 Å². The lowest BCUT2D eigenvalue weighted by Crippen LogP contribution is -2.27. The van der Waals surface area contributed by atoms with Crippen molar-refractivity contribution in [3.63, 3.8) is 0 Å². The Morgan fingerprint density at radius 1 is 1.24 bits per heavy atom. The minimum Gasteiger partial charge on any atom is -0.330 e. The maximum atomic E-state index is 5.86. The molecular formula is C17H24N4. The first-order chi connectivity index (χ1) is 10.0. The predicted octanol–water partition coefficient (Wildman–Crippen LogP) is 2.76. The van der Waals surface area contributed by atoms with E-state index in [9.17, 15) is 0 Å². The molecule has 2 aromatic rings. The van der Waals surface area contributed by atoms with Gasteiger partial charge in [0.15, 0.2) is 5.82 Å². The first-order valence-electron chi connectivity index (χ1n) is 7.72. The fourth-order valence-corrected chi connectivity index (χ4v) is 3.12. The van der Waals surface area contributed by atoms with Gasteiger partial charge >= 0.3 is 0 Å². The first-order valence-corrected chi connectivity index (χ1v) is 7.72. The molecule has 1 aromatic heterocycles. The number of nitrogens with two attached hydrogens (primary N) is 1. The van der Waals surface area contributed by atoms with Gasteiger partial charge in [-0.1, -0.05) is 45.0 Å². The third kappa shape index (κ3) is 2.60. The van der Waals surface area contributed by atoms with Crippen molar-refractivity contribution in [3.05, 3.63) is 35.7 Å². The Morgan fingerprint density at radius 2 is 2.00 bits per heavy atom. The Balaban J connectivity index is 2.09. The minimum absolute atomic E-state index is 0.0882. The summed E-state index contributed by atoms with van der Waals surface area (Å²) in [4.78, 5) is 0. The second kappa shape index (κ2) is 5.26. The largest absolute Gasteiger partial charge is 0.330 e. The molecule has 1 atom stereocenters. The van der Waals surface area contributed by atoms with Crippen molar-refractivity contribution in [2.45, 2.75) is 45.6 Å². The summed E-state index contributed by atoms with van der Waals surface area (Å²) < 4.78 is 2.27. The van der Waals surface area contributed by atoms with Crippen LogP contribution in [0.5, 0.6) is 0 Å². The summed E-state index contributed by atoms with van der Waals surface area (Å²) in [5, 5.41) is 8.88. The summed E-state index contributed by atoms with van der Waals surface area (Å²) in [6, 6.07) is 8.53. The van der Waals surface area contributed by atoms with Crippen LogP contribution in [-0.4, -0.2) is 21.3 Å². The van der Waals surface area contributed by atoms with Gasteiger partial charge in [0.05, 0.1) is 0 Å². The molecule has 0 spiro atoms. The molecule has 0 aliphatic carbocycles. The molecule has 0 amide bonds. The SMILES string of the molecule is CC(C)(C)c1ccccc1-c1nnc2n1CC(CN)CC2. The average Bonchev–Trinajstić information content (AvgIpc) is 2.89. The van der Waals surface area contributed by atoms with Crippen molar-refractivity contribution in [1.29, 1.82) is 0 Å². The van der Waals surface area contributed by atoms with Gasteiger partial charge in [-0.2, -0.15) is 0 Å². The van der Waals surface area contributed by atoms with Gasteiger partial charge in [0.2, 0.25) is 0 Å². The molecule has 112 valence electrons. The Kier molecular flexibility index (Phi) is 3.57. The van der Waals surface area contributed by atoms with E-state index in [0.717, 1.165) is 37.6 Å². The molecule has 2 heterocycles. The number of fused-ring (bicyclic) bond motifs is 1. The van der Waals surface area contributed by atoms with Crippen LogP contribution in [-0.2, 0) is 18.4 Å². The van der Waals surface area contributed by atoms with Crippen molar-refractivity contribution in [3.8, 4) is 11.4 Å². The maximum Gasteiger partial charge on any atom is 0.164 e. The molecule has 2 N–H and O–H groups in total. The van der Waals surface area contributed by atoms with E-state index in [4.69, 9.17) is 5.73 Å². The van der Waals surface area contributed by atoms with Gasteiger partial charge in [-0.15, -0.1) is 10.2 Å². The highest BCUT2D eigenvalue weighted by Gasteiger charge is 2.26. The fourth-order valence-electron chi connectivity index (χ4n) is 3.12. The number of benzene rings is 1. The van der Waals surface area contributed by atoms with E-state index in [1.165, 1.54) is 11.1 Å². The Bertz CT molecular complexity index is 636. The minimum atomic E-state index is 0.0882. The van der Waals surface area contributed by atoms with Gasteiger partial charge in [0, 0.05) is 18.5 Å². The lowest BCUT2D eigenvalue weighted by atomic mass is 9.83. The van der Waals surface area contributed by atoms with E-state index in [2.05, 4.69) is 59.8 Å². The van der Waals surface area contributed by atoms with Crippen LogP contribution in [0.15, 0.2) is 24.3 Å². The van der Waals surface area contributed by atoms with E-state index < -0.39 is 0 Å². The Hall–Kier alpha value is -1.68.